The third-order valence-electron chi connectivity index (χ3n) is 5.42. The fraction of sp³-hybridized carbons (Fsp3) is 0.227. The van der Waals surface area contributed by atoms with E-state index < -0.39 is 11.6 Å². The molecule has 6 nitrogen and oxygen atoms in total. The van der Waals surface area contributed by atoms with E-state index in [4.69, 9.17) is 15.6 Å². The molecule has 2 aromatic heterocycles. The number of nitrogens with two attached hydrogens (primary N) is 1. The van der Waals surface area contributed by atoms with Crippen molar-refractivity contribution < 1.29 is 13.5 Å². The summed E-state index contributed by atoms with van der Waals surface area (Å²) in [7, 11) is 0. The zero-order chi connectivity index (χ0) is 20.7. The largest absolute Gasteiger partial charge is 0.457 e. The number of aromatic nitrogens is 4. The minimum atomic E-state index is -0.523. The quantitative estimate of drug-likeness (QED) is 0.499. The predicted molar refractivity (Wildman–Crippen MR) is 109 cm³/mol. The van der Waals surface area contributed by atoms with Crippen molar-refractivity contribution in [3.63, 3.8) is 0 Å². The van der Waals surface area contributed by atoms with Gasteiger partial charge in [0.25, 0.3) is 0 Å². The number of fused-ring (bicyclic) bond motifs is 1. The molecule has 1 saturated carbocycles. The van der Waals surface area contributed by atoms with Crippen molar-refractivity contribution >= 4 is 16.9 Å². The molecule has 0 radical (unpaired) electrons. The van der Waals surface area contributed by atoms with Crippen molar-refractivity contribution in [2.24, 2.45) is 0 Å². The van der Waals surface area contributed by atoms with E-state index in [1.54, 1.807) is 18.2 Å². The minimum absolute atomic E-state index is 0.217. The molecule has 5 rings (SSSR count). The van der Waals surface area contributed by atoms with Crippen molar-refractivity contribution in [1.29, 1.82) is 0 Å². The van der Waals surface area contributed by atoms with Gasteiger partial charge in [-0.25, -0.2) is 23.4 Å². The third-order valence-corrected chi connectivity index (χ3v) is 5.42. The molecule has 0 atom stereocenters. The SMILES string of the molecule is Nc1ncnc2c1c(-c1ccc(Oc3cccc(F)c3)cc1F)nn2C1CCCC1. The number of nitrogens with zero attached hydrogens (tertiary/aromatic N) is 4. The van der Waals surface area contributed by atoms with Crippen molar-refractivity contribution in [1.82, 2.24) is 19.7 Å². The number of nitrogen functional groups attached to an aromatic ring is 1. The highest BCUT2D eigenvalue weighted by molar-refractivity contribution is 5.98. The Hall–Kier alpha value is -3.55. The van der Waals surface area contributed by atoms with Crippen LogP contribution in [0.5, 0.6) is 11.5 Å². The maximum atomic E-state index is 15.1. The number of anilines is 1. The van der Waals surface area contributed by atoms with Crippen molar-refractivity contribution in [2.75, 3.05) is 5.73 Å². The summed E-state index contributed by atoms with van der Waals surface area (Å²) in [6.07, 6.45) is 5.66. The fourth-order valence-electron chi connectivity index (χ4n) is 4.01. The van der Waals surface area contributed by atoms with Crippen LogP contribution in [0.3, 0.4) is 0 Å². The Bertz CT molecular complexity index is 1230. The molecule has 0 aliphatic heterocycles. The average Bonchev–Trinajstić information content (AvgIpc) is 3.37. The van der Waals surface area contributed by atoms with Gasteiger partial charge in [-0.3, -0.25) is 0 Å². The number of hydrogen-bond acceptors (Lipinski definition) is 5. The van der Waals surface area contributed by atoms with Gasteiger partial charge in [0.15, 0.2) is 5.65 Å². The lowest BCUT2D eigenvalue weighted by Crippen LogP contribution is -2.07. The zero-order valence-corrected chi connectivity index (χ0v) is 16.1. The molecule has 0 spiro atoms. The number of halogens is 2. The van der Waals surface area contributed by atoms with Crippen molar-refractivity contribution in [3.8, 4) is 22.8 Å². The first-order valence-electron chi connectivity index (χ1n) is 9.82. The minimum Gasteiger partial charge on any atom is -0.457 e. The van der Waals surface area contributed by atoms with Gasteiger partial charge in [-0.05, 0) is 37.1 Å². The fourth-order valence-corrected chi connectivity index (χ4v) is 4.01. The Kier molecular flexibility index (Phi) is 4.54. The Balaban J connectivity index is 1.57. The van der Waals surface area contributed by atoms with Crippen LogP contribution in [0.1, 0.15) is 31.7 Å². The van der Waals surface area contributed by atoms with Gasteiger partial charge in [0.1, 0.15) is 41.0 Å². The number of benzene rings is 2. The molecule has 1 aliphatic carbocycles. The van der Waals surface area contributed by atoms with E-state index >= 15 is 4.39 Å². The Morgan fingerprint density at radius 1 is 1.00 bits per heavy atom. The summed E-state index contributed by atoms with van der Waals surface area (Å²) in [5, 5.41) is 5.24. The summed E-state index contributed by atoms with van der Waals surface area (Å²) < 4.78 is 35.9. The van der Waals surface area contributed by atoms with Crippen LogP contribution in [-0.2, 0) is 0 Å². The molecule has 4 aromatic rings. The van der Waals surface area contributed by atoms with E-state index in [1.807, 2.05) is 4.68 Å². The van der Waals surface area contributed by atoms with E-state index in [1.165, 1.54) is 30.6 Å². The van der Waals surface area contributed by atoms with Crippen LogP contribution in [0.2, 0.25) is 0 Å². The van der Waals surface area contributed by atoms with Gasteiger partial charge in [-0.15, -0.1) is 0 Å². The summed E-state index contributed by atoms with van der Waals surface area (Å²) in [4.78, 5) is 8.45. The monoisotopic (exact) mass is 407 g/mol. The summed E-state index contributed by atoms with van der Waals surface area (Å²) in [6, 6.07) is 10.3. The predicted octanol–water partition coefficient (Wildman–Crippen LogP) is 5.26. The van der Waals surface area contributed by atoms with Gasteiger partial charge in [-0.2, -0.15) is 5.10 Å². The molecule has 2 N–H and O–H groups in total. The van der Waals surface area contributed by atoms with E-state index in [0.717, 1.165) is 25.7 Å². The topological polar surface area (TPSA) is 78.8 Å². The first-order chi connectivity index (χ1) is 14.6. The maximum absolute atomic E-state index is 15.1. The number of rotatable bonds is 4. The number of hydrogen-bond donors (Lipinski definition) is 1. The van der Waals surface area contributed by atoms with Crippen LogP contribution in [0.4, 0.5) is 14.6 Å². The molecular weight excluding hydrogens is 388 g/mol. The Morgan fingerprint density at radius 3 is 2.57 bits per heavy atom. The van der Waals surface area contributed by atoms with Crippen LogP contribution >= 0.6 is 0 Å². The van der Waals surface area contributed by atoms with Crippen LogP contribution in [0.25, 0.3) is 22.3 Å². The van der Waals surface area contributed by atoms with Gasteiger partial charge >= 0.3 is 0 Å². The Labute approximate surface area is 171 Å². The summed E-state index contributed by atoms with van der Waals surface area (Å²) in [5.74, 6) is -0.144. The lowest BCUT2D eigenvalue weighted by atomic mass is 10.1. The number of ether oxygens (including phenoxy) is 1. The molecular formula is C22H19F2N5O. The van der Waals surface area contributed by atoms with Crippen LogP contribution in [0, 0.1) is 11.6 Å². The molecule has 0 bridgehead atoms. The molecule has 30 heavy (non-hydrogen) atoms. The molecule has 0 amide bonds. The smallest absolute Gasteiger partial charge is 0.164 e. The molecule has 152 valence electrons. The Morgan fingerprint density at radius 2 is 1.80 bits per heavy atom. The molecule has 8 heteroatoms. The van der Waals surface area contributed by atoms with E-state index in [2.05, 4.69) is 9.97 Å². The molecule has 1 aliphatic rings. The zero-order valence-electron chi connectivity index (χ0n) is 16.1. The molecule has 0 saturated heterocycles. The highest BCUT2D eigenvalue weighted by atomic mass is 19.1. The molecule has 0 unspecified atom stereocenters. The first kappa shape index (κ1) is 18.5. The van der Waals surface area contributed by atoms with Gasteiger partial charge in [0.2, 0.25) is 0 Å². The van der Waals surface area contributed by atoms with E-state index in [9.17, 15) is 4.39 Å². The normalized spacial score (nSPS) is 14.5. The lowest BCUT2D eigenvalue weighted by Gasteiger charge is -2.10. The van der Waals surface area contributed by atoms with Crippen molar-refractivity contribution in [2.45, 2.75) is 31.7 Å². The van der Waals surface area contributed by atoms with Crippen LogP contribution in [0.15, 0.2) is 48.8 Å². The summed E-state index contributed by atoms with van der Waals surface area (Å²) >= 11 is 0. The maximum Gasteiger partial charge on any atom is 0.164 e. The van der Waals surface area contributed by atoms with Crippen LogP contribution in [-0.4, -0.2) is 19.7 Å². The standard InChI is InChI=1S/C22H19F2N5O/c23-13-4-3-7-15(10-13)30-16-8-9-17(18(24)11-16)20-19-21(25)26-12-27-22(19)29(28-20)14-5-1-2-6-14/h3-4,7-12,14H,1-2,5-6H2,(H2,25,26,27). The summed E-state index contributed by atoms with van der Waals surface area (Å²) in [6.45, 7) is 0. The molecule has 2 heterocycles. The second-order valence-corrected chi connectivity index (χ2v) is 7.39. The first-order valence-corrected chi connectivity index (χ1v) is 9.82. The van der Waals surface area contributed by atoms with Gasteiger partial charge in [0.05, 0.1) is 11.4 Å². The van der Waals surface area contributed by atoms with E-state index in [-0.39, 0.29) is 28.9 Å². The van der Waals surface area contributed by atoms with Gasteiger partial charge < -0.3 is 10.5 Å². The second kappa shape index (κ2) is 7.37. The molecule has 1 fully saturated rings. The summed E-state index contributed by atoms with van der Waals surface area (Å²) in [5.41, 5.74) is 7.42. The van der Waals surface area contributed by atoms with Gasteiger partial charge in [0, 0.05) is 17.7 Å². The highest BCUT2D eigenvalue weighted by Gasteiger charge is 2.25. The third kappa shape index (κ3) is 3.24. The second-order valence-electron chi connectivity index (χ2n) is 7.39. The molecule has 2 aromatic carbocycles. The van der Waals surface area contributed by atoms with Crippen molar-refractivity contribution in [3.05, 3.63) is 60.4 Å². The van der Waals surface area contributed by atoms with Crippen LogP contribution < -0.4 is 10.5 Å². The lowest BCUT2D eigenvalue weighted by molar-refractivity contribution is 0.471. The highest BCUT2D eigenvalue weighted by Crippen LogP contribution is 2.38. The van der Waals surface area contributed by atoms with E-state index in [0.29, 0.717) is 16.7 Å². The van der Waals surface area contributed by atoms with Gasteiger partial charge in [-0.1, -0.05) is 18.9 Å². The average molecular weight is 407 g/mol.